The Labute approximate surface area is 162 Å². The van der Waals surface area contributed by atoms with E-state index in [1.807, 2.05) is 43.3 Å². The smallest absolute Gasteiger partial charge is 0.226 e. The molecule has 2 aromatic carbocycles. The molecule has 0 fully saturated rings. The standard InChI is InChI=1S/C22H20N4O2/c1-13-6-2-3-7-15(13)21-20-17(25-22-23-12-24-26(21)22)10-14(11-19(20)28)16-8-4-5-9-18(16)27/h2-9,12,14,21,27H,10-11H2,1H3,(H,23,24,25)/t14-,21-/m0/s1. The van der Waals surface area contributed by atoms with Gasteiger partial charge in [-0.15, -0.1) is 0 Å². The van der Waals surface area contributed by atoms with E-state index in [4.69, 9.17) is 0 Å². The number of carbonyl (C=O) groups excluding carboxylic acids is 1. The molecule has 0 unspecified atom stereocenters. The molecule has 6 heteroatoms. The monoisotopic (exact) mass is 372 g/mol. The van der Waals surface area contributed by atoms with E-state index < -0.39 is 0 Å². The quantitative estimate of drug-likeness (QED) is 0.717. The number of rotatable bonds is 2. The van der Waals surface area contributed by atoms with Gasteiger partial charge in [0.05, 0.1) is 0 Å². The zero-order valence-electron chi connectivity index (χ0n) is 15.5. The summed E-state index contributed by atoms with van der Waals surface area (Å²) >= 11 is 0. The average Bonchev–Trinajstić information content (AvgIpc) is 3.15. The molecule has 1 aliphatic carbocycles. The van der Waals surface area contributed by atoms with E-state index in [-0.39, 0.29) is 23.5 Å². The van der Waals surface area contributed by atoms with Crippen LogP contribution in [0.5, 0.6) is 5.75 Å². The van der Waals surface area contributed by atoms with E-state index in [9.17, 15) is 9.90 Å². The third-order valence-corrected chi connectivity index (χ3v) is 5.72. The molecule has 5 rings (SSSR count). The molecule has 28 heavy (non-hydrogen) atoms. The third-order valence-electron chi connectivity index (χ3n) is 5.72. The minimum atomic E-state index is -0.284. The number of aryl methyl sites for hydroxylation is 1. The van der Waals surface area contributed by atoms with E-state index in [0.29, 0.717) is 18.8 Å². The minimum Gasteiger partial charge on any atom is -0.508 e. The van der Waals surface area contributed by atoms with Crippen molar-refractivity contribution >= 4 is 11.7 Å². The number of para-hydroxylation sites is 1. The minimum absolute atomic E-state index is 0.0630. The lowest BCUT2D eigenvalue weighted by atomic mass is 9.77. The number of hydrogen-bond acceptors (Lipinski definition) is 5. The zero-order chi connectivity index (χ0) is 19.3. The Kier molecular flexibility index (Phi) is 3.79. The van der Waals surface area contributed by atoms with E-state index in [0.717, 1.165) is 28.0 Å². The fraction of sp³-hybridized carbons (Fsp3) is 0.227. The van der Waals surface area contributed by atoms with Gasteiger partial charge in [0.1, 0.15) is 18.1 Å². The fourth-order valence-electron chi connectivity index (χ4n) is 4.39. The van der Waals surface area contributed by atoms with Gasteiger partial charge in [-0.2, -0.15) is 10.1 Å². The van der Waals surface area contributed by atoms with Gasteiger partial charge in [-0.25, -0.2) is 4.68 Å². The number of aromatic hydroxyl groups is 1. The normalized spacial score (nSPS) is 21.1. The van der Waals surface area contributed by atoms with Crippen LogP contribution in [0.25, 0.3) is 0 Å². The zero-order valence-corrected chi connectivity index (χ0v) is 15.5. The maximum absolute atomic E-state index is 13.3. The first kappa shape index (κ1) is 16.7. The molecule has 0 bridgehead atoms. The molecule has 0 amide bonds. The number of carbonyl (C=O) groups is 1. The number of benzene rings is 2. The predicted octanol–water partition coefficient (Wildman–Crippen LogP) is 3.71. The van der Waals surface area contributed by atoms with Crippen LogP contribution in [0.15, 0.2) is 66.1 Å². The molecule has 1 aromatic heterocycles. The van der Waals surface area contributed by atoms with Gasteiger partial charge in [0.15, 0.2) is 5.78 Å². The third kappa shape index (κ3) is 2.52. The van der Waals surface area contributed by atoms with Crippen molar-refractivity contribution in [1.82, 2.24) is 14.8 Å². The van der Waals surface area contributed by atoms with Gasteiger partial charge in [0.25, 0.3) is 0 Å². The Hall–Kier alpha value is -3.41. The number of Topliss-reactive ketones (excluding diaryl/α,β-unsaturated/α-hetero) is 1. The van der Waals surface area contributed by atoms with Gasteiger partial charge in [-0.1, -0.05) is 42.5 Å². The summed E-state index contributed by atoms with van der Waals surface area (Å²) in [6.45, 7) is 2.05. The summed E-state index contributed by atoms with van der Waals surface area (Å²) < 4.78 is 1.79. The predicted molar refractivity (Wildman–Crippen MR) is 105 cm³/mol. The maximum Gasteiger partial charge on any atom is 0.226 e. The molecule has 1 aliphatic heterocycles. The summed E-state index contributed by atoms with van der Waals surface area (Å²) in [5, 5.41) is 18.0. The van der Waals surface area contributed by atoms with Gasteiger partial charge in [-0.3, -0.25) is 4.79 Å². The number of aromatic nitrogens is 3. The number of phenolic OH excluding ortho intramolecular Hbond substituents is 1. The highest BCUT2D eigenvalue weighted by Gasteiger charge is 2.40. The molecule has 2 heterocycles. The van der Waals surface area contributed by atoms with E-state index in [1.165, 1.54) is 6.33 Å². The van der Waals surface area contributed by atoms with Crippen LogP contribution in [0.3, 0.4) is 0 Å². The fourth-order valence-corrected chi connectivity index (χ4v) is 4.39. The number of fused-ring (bicyclic) bond motifs is 1. The first-order chi connectivity index (χ1) is 13.6. The van der Waals surface area contributed by atoms with Crippen LogP contribution in [-0.2, 0) is 4.79 Å². The highest BCUT2D eigenvalue weighted by molar-refractivity contribution is 6.00. The maximum atomic E-state index is 13.3. The number of phenols is 1. The van der Waals surface area contributed by atoms with Crippen LogP contribution in [0.1, 0.15) is 41.5 Å². The summed E-state index contributed by atoms with van der Waals surface area (Å²) in [7, 11) is 0. The largest absolute Gasteiger partial charge is 0.508 e. The van der Waals surface area contributed by atoms with Crippen molar-refractivity contribution in [3.05, 3.63) is 82.8 Å². The molecular formula is C22H20N4O2. The first-order valence-electron chi connectivity index (χ1n) is 9.39. The van der Waals surface area contributed by atoms with Crippen molar-refractivity contribution in [2.24, 2.45) is 0 Å². The van der Waals surface area contributed by atoms with Crippen molar-refractivity contribution in [3.63, 3.8) is 0 Å². The van der Waals surface area contributed by atoms with Gasteiger partial charge >= 0.3 is 0 Å². The molecule has 0 radical (unpaired) electrons. The molecule has 0 saturated carbocycles. The van der Waals surface area contributed by atoms with E-state index in [1.54, 1.807) is 16.8 Å². The van der Waals surface area contributed by atoms with E-state index in [2.05, 4.69) is 15.4 Å². The van der Waals surface area contributed by atoms with E-state index >= 15 is 0 Å². The Bertz CT molecular complexity index is 1110. The highest BCUT2D eigenvalue weighted by atomic mass is 16.3. The highest BCUT2D eigenvalue weighted by Crippen LogP contribution is 2.45. The molecular weight excluding hydrogens is 352 g/mol. The van der Waals surface area contributed by atoms with Crippen molar-refractivity contribution < 1.29 is 9.90 Å². The number of nitrogens with one attached hydrogen (secondary N) is 1. The second-order valence-electron chi connectivity index (χ2n) is 7.39. The first-order valence-corrected chi connectivity index (χ1v) is 9.39. The summed E-state index contributed by atoms with van der Waals surface area (Å²) in [5.74, 6) is 0.889. The van der Waals surface area contributed by atoms with Crippen molar-refractivity contribution in [1.29, 1.82) is 0 Å². The number of nitrogens with zero attached hydrogens (tertiary/aromatic N) is 3. The molecule has 6 nitrogen and oxygen atoms in total. The summed E-state index contributed by atoms with van der Waals surface area (Å²) in [6.07, 6.45) is 2.52. The van der Waals surface area contributed by atoms with Crippen LogP contribution in [0.2, 0.25) is 0 Å². The summed E-state index contributed by atoms with van der Waals surface area (Å²) in [4.78, 5) is 17.6. The molecule has 0 spiro atoms. The Morgan fingerprint density at radius 2 is 1.82 bits per heavy atom. The molecule has 3 aromatic rings. The van der Waals surface area contributed by atoms with Crippen molar-refractivity contribution in [2.75, 3.05) is 5.32 Å². The molecule has 2 atom stereocenters. The van der Waals surface area contributed by atoms with Gasteiger partial charge in [0, 0.05) is 23.6 Å². The molecule has 2 N–H and O–H groups in total. The Morgan fingerprint density at radius 3 is 2.61 bits per heavy atom. The topological polar surface area (TPSA) is 80.0 Å². The Balaban J connectivity index is 1.63. The lowest BCUT2D eigenvalue weighted by molar-refractivity contribution is -0.116. The van der Waals surface area contributed by atoms with Crippen LogP contribution < -0.4 is 5.32 Å². The lowest BCUT2D eigenvalue weighted by Crippen LogP contribution is -2.33. The second-order valence-corrected chi connectivity index (χ2v) is 7.39. The van der Waals surface area contributed by atoms with Crippen LogP contribution in [0.4, 0.5) is 5.95 Å². The molecule has 140 valence electrons. The van der Waals surface area contributed by atoms with Gasteiger partial charge in [0.2, 0.25) is 5.95 Å². The average molecular weight is 372 g/mol. The van der Waals surface area contributed by atoms with Crippen LogP contribution >= 0.6 is 0 Å². The van der Waals surface area contributed by atoms with Crippen molar-refractivity contribution in [3.8, 4) is 5.75 Å². The number of allylic oxidation sites excluding steroid dienone is 2. The van der Waals surface area contributed by atoms with Crippen LogP contribution in [-0.4, -0.2) is 25.7 Å². The SMILES string of the molecule is Cc1ccccc1[C@H]1C2=C(C[C@H](c3ccccc3O)CC2=O)Nc2ncnn21. The van der Waals surface area contributed by atoms with Crippen LogP contribution in [0, 0.1) is 6.92 Å². The molecule has 2 aliphatic rings. The molecule has 0 saturated heterocycles. The van der Waals surface area contributed by atoms with Gasteiger partial charge in [-0.05, 0) is 36.1 Å². The lowest BCUT2D eigenvalue weighted by Gasteiger charge is -2.35. The Morgan fingerprint density at radius 1 is 1.07 bits per heavy atom. The number of hydrogen-bond donors (Lipinski definition) is 2. The summed E-state index contributed by atoms with van der Waals surface area (Å²) in [6, 6.07) is 15.0. The second kappa shape index (κ2) is 6.34. The number of ketones is 1. The number of anilines is 1. The summed E-state index contributed by atoms with van der Waals surface area (Å²) in [5.41, 5.74) is 4.59. The van der Waals surface area contributed by atoms with Crippen molar-refractivity contribution in [2.45, 2.75) is 31.7 Å². The van der Waals surface area contributed by atoms with Gasteiger partial charge < -0.3 is 10.4 Å².